The van der Waals surface area contributed by atoms with Crippen molar-refractivity contribution in [3.05, 3.63) is 30.3 Å². The first-order chi connectivity index (χ1) is 7.43. The second-order valence-electron chi connectivity index (χ2n) is 4.54. The van der Waals surface area contributed by atoms with Gasteiger partial charge in [0.1, 0.15) is 0 Å². The van der Waals surface area contributed by atoms with Crippen LogP contribution in [-0.4, -0.2) is 37.1 Å². The van der Waals surface area contributed by atoms with Crippen LogP contribution in [0, 0.1) is 6.07 Å². The Morgan fingerprint density at radius 3 is 2.87 bits per heavy atom. The van der Waals surface area contributed by atoms with Crippen LogP contribution in [0.4, 0.5) is 5.69 Å². The molecule has 2 saturated heterocycles. The van der Waals surface area contributed by atoms with Crippen LogP contribution in [-0.2, 0) is 0 Å². The molecule has 2 heterocycles. The van der Waals surface area contributed by atoms with Crippen molar-refractivity contribution in [1.29, 1.82) is 0 Å². The van der Waals surface area contributed by atoms with E-state index in [-0.39, 0.29) is 0 Å². The second kappa shape index (κ2) is 3.86. The summed E-state index contributed by atoms with van der Waals surface area (Å²) in [7, 11) is 0. The van der Waals surface area contributed by atoms with E-state index in [0.717, 1.165) is 6.04 Å². The molecule has 0 amide bonds. The molecule has 2 fully saturated rings. The Kier molecular flexibility index (Phi) is 2.37. The van der Waals surface area contributed by atoms with Crippen molar-refractivity contribution in [3.8, 4) is 0 Å². The molecule has 1 unspecified atom stereocenters. The first-order valence-electron chi connectivity index (χ1n) is 5.88. The van der Waals surface area contributed by atoms with E-state index in [1.807, 2.05) is 12.1 Å². The molecule has 1 aromatic rings. The zero-order chi connectivity index (χ0) is 10.1. The molecule has 2 aliphatic heterocycles. The molecule has 0 aromatic heterocycles. The normalized spacial score (nSPS) is 26.7. The lowest BCUT2D eigenvalue weighted by Crippen LogP contribution is -2.50. The Labute approximate surface area is 91.5 Å². The summed E-state index contributed by atoms with van der Waals surface area (Å²) < 4.78 is 0. The Balaban J connectivity index is 1.74. The molecule has 2 heteroatoms. The number of fused-ring (bicyclic) bond motifs is 1. The maximum atomic E-state index is 3.08. The lowest BCUT2D eigenvalue weighted by molar-refractivity contribution is 0.231. The average molecular weight is 201 g/mol. The van der Waals surface area contributed by atoms with E-state index >= 15 is 0 Å². The topological polar surface area (TPSA) is 6.48 Å². The molecule has 1 aromatic carbocycles. The van der Waals surface area contributed by atoms with Crippen molar-refractivity contribution in [2.45, 2.75) is 18.9 Å². The highest BCUT2D eigenvalue weighted by molar-refractivity contribution is 5.46. The third-order valence-electron chi connectivity index (χ3n) is 3.65. The van der Waals surface area contributed by atoms with Gasteiger partial charge in [-0.15, -0.1) is 0 Å². The van der Waals surface area contributed by atoms with E-state index in [0.29, 0.717) is 0 Å². The minimum atomic E-state index is 0.808. The molecule has 2 nitrogen and oxygen atoms in total. The molecule has 0 saturated carbocycles. The van der Waals surface area contributed by atoms with E-state index in [1.165, 1.54) is 44.7 Å². The zero-order valence-corrected chi connectivity index (χ0v) is 9.02. The molecular weight excluding hydrogens is 184 g/mol. The largest absolute Gasteiger partial charge is 0.369 e. The fourth-order valence-corrected chi connectivity index (χ4v) is 2.81. The summed E-state index contributed by atoms with van der Waals surface area (Å²) in [6.07, 6.45) is 2.77. The van der Waals surface area contributed by atoms with E-state index in [1.54, 1.807) is 0 Å². The lowest BCUT2D eigenvalue weighted by Gasteiger charge is -2.38. The van der Waals surface area contributed by atoms with E-state index in [4.69, 9.17) is 0 Å². The van der Waals surface area contributed by atoms with Crippen molar-refractivity contribution in [3.63, 3.8) is 0 Å². The second-order valence-corrected chi connectivity index (χ2v) is 4.54. The molecular formula is C13H17N2. The van der Waals surface area contributed by atoms with E-state index in [2.05, 4.69) is 28.0 Å². The predicted molar refractivity (Wildman–Crippen MR) is 62.1 cm³/mol. The van der Waals surface area contributed by atoms with Gasteiger partial charge in [0.2, 0.25) is 0 Å². The Morgan fingerprint density at radius 1 is 1.13 bits per heavy atom. The monoisotopic (exact) mass is 201 g/mol. The summed E-state index contributed by atoms with van der Waals surface area (Å²) in [6, 6.07) is 12.3. The molecule has 1 radical (unpaired) electrons. The molecule has 0 spiro atoms. The number of piperazine rings is 1. The Hall–Kier alpha value is -1.02. The highest BCUT2D eigenvalue weighted by Crippen LogP contribution is 2.24. The van der Waals surface area contributed by atoms with Crippen LogP contribution in [0.1, 0.15) is 12.8 Å². The van der Waals surface area contributed by atoms with Crippen LogP contribution in [0.5, 0.6) is 0 Å². The lowest BCUT2D eigenvalue weighted by atomic mass is 10.1. The summed E-state index contributed by atoms with van der Waals surface area (Å²) >= 11 is 0. The first kappa shape index (κ1) is 9.22. The minimum absolute atomic E-state index is 0.808. The number of rotatable bonds is 1. The van der Waals surface area contributed by atoms with Gasteiger partial charge < -0.3 is 4.90 Å². The van der Waals surface area contributed by atoms with Gasteiger partial charge in [-0.25, -0.2) is 0 Å². The molecule has 1 atom stereocenters. The smallest absolute Gasteiger partial charge is 0.0367 e. The van der Waals surface area contributed by atoms with Gasteiger partial charge in [0.15, 0.2) is 0 Å². The summed E-state index contributed by atoms with van der Waals surface area (Å²) in [5.74, 6) is 0. The molecule has 15 heavy (non-hydrogen) atoms. The average Bonchev–Trinajstić information content (AvgIpc) is 2.77. The van der Waals surface area contributed by atoms with Crippen LogP contribution in [0.3, 0.4) is 0 Å². The third-order valence-corrected chi connectivity index (χ3v) is 3.65. The standard InChI is InChI=1S/C13H17N2/c1-2-5-12(6-3-1)15-10-9-14-8-4-7-13(14)11-15/h2-3,5-6,13H,4,7-11H2. The summed E-state index contributed by atoms with van der Waals surface area (Å²) in [5, 5.41) is 0. The van der Waals surface area contributed by atoms with Gasteiger partial charge in [-0.1, -0.05) is 12.1 Å². The Morgan fingerprint density at radius 2 is 2.00 bits per heavy atom. The van der Waals surface area contributed by atoms with E-state index < -0.39 is 0 Å². The van der Waals surface area contributed by atoms with Crippen LogP contribution >= 0.6 is 0 Å². The number of benzene rings is 1. The molecule has 0 aliphatic carbocycles. The third kappa shape index (κ3) is 1.74. The highest BCUT2D eigenvalue weighted by atomic mass is 15.3. The fourth-order valence-electron chi connectivity index (χ4n) is 2.81. The van der Waals surface area contributed by atoms with Gasteiger partial charge >= 0.3 is 0 Å². The summed E-state index contributed by atoms with van der Waals surface area (Å²) in [5.41, 5.74) is 1.36. The zero-order valence-electron chi connectivity index (χ0n) is 9.02. The van der Waals surface area contributed by atoms with Crippen molar-refractivity contribution in [1.82, 2.24) is 4.90 Å². The molecule has 79 valence electrons. The van der Waals surface area contributed by atoms with Crippen molar-refractivity contribution >= 4 is 5.69 Å². The molecule has 0 N–H and O–H groups in total. The fraction of sp³-hybridized carbons (Fsp3) is 0.538. The summed E-state index contributed by atoms with van der Waals surface area (Å²) in [6.45, 7) is 4.95. The van der Waals surface area contributed by atoms with Crippen LogP contribution in [0.2, 0.25) is 0 Å². The minimum Gasteiger partial charge on any atom is -0.369 e. The maximum Gasteiger partial charge on any atom is 0.0367 e. The van der Waals surface area contributed by atoms with Crippen LogP contribution < -0.4 is 4.90 Å². The number of hydrogen-bond acceptors (Lipinski definition) is 2. The maximum absolute atomic E-state index is 3.08. The molecule has 2 aliphatic rings. The van der Waals surface area contributed by atoms with E-state index in [9.17, 15) is 0 Å². The highest BCUT2D eigenvalue weighted by Gasteiger charge is 2.30. The van der Waals surface area contributed by atoms with Gasteiger partial charge in [0, 0.05) is 31.4 Å². The van der Waals surface area contributed by atoms with Gasteiger partial charge in [-0.05, 0) is 37.6 Å². The van der Waals surface area contributed by atoms with Crippen LogP contribution in [0.15, 0.2) is 24.3 Å². The molecule has 3 rings (SSSR count). The Bertz CT molecular complexity index is 323. The SMILES string of the molecule is [c]1ccc(N2CCN3CCCC3C2)cc1. The predicted octanol–water partition coefficient (Wildman–Crippen LogP) is 1.77. The number of anilines is 1. The van der Waals surface area contributed by atoms with Gasteiger partial charge in [-0.2, -0.15) is 0 Å². The van der Waals surface area contributed by atoms with Crippen LogP contribution in [0.25, 0.3) is 0 Å². The van der Waals surface area contributed by atoms with Gasteiger partial charge in [0.05, 0.1) is 0 Å². The number of hydrogen-bond donors (Lipinski definition) is 0. The summed E-state index contributed by atoms with van der Waals surface area (Å²) in [4.78, 5) is 5.16. The number of nitrogens with zero attached hydrogens (tertiary/aromatic N) is 2. The van der Waals surface area contributed by atoms with Gasteiger partial charge in [-0.3, -0.25) is 4.90 Å². The van der Waals surface area contributed by atoms with Crippen molar-refractivity contribution in [2.75, 3.05) is 31.1 Å². The van der Waals surface area contributed by atoms with Gasteiger partial charge in [0.25, 0.3) is 0 Å². The van der Waals surface area contributed by atoms with Crippen molar-refractivity contribution in [2.24, 2.45) is 0 Å². The van der Waals surface area contributed by atoms with Crippen molar-refractivity contribution < 1.29 is 0 Å². The quantitative estimate of drug-likeness (QED) is 0.683. The molecule has 0 bridgehead atoms. The first-order valence-corrected chi connectivity index (χ1v) is 5.88.